The van der Waals surface area contributed by atoms with E-state index in [2.05, 4.69) is 21.2 Å². The van der Waals surface area contributed by atoms with Crippen LogP contribution in [0.2, 0.25) is 0 Å². The van der Waals surface area contributed by atoms with Crippen LogP contribution in [0, 0.1) is 11.2 Å². The molecule has 0 aliphatic rings. The number of hydrogen-bond donors (Lipinski definition) is 1. The van der Waals surface area contributed by atoms with Gasteiger partial charge in [-0.1, -0.05) is 26.8 Å². The molecule has 1 amide bonds. The second-order valence-electron chi connectivity index (χ2n) is 4.31. The highest BCUT2D eigenvalue weighted by atomic mass is 79.9. The van der Waals surface area contributed by atoms with Gasteiger partial charge in [0.2, 0.25) is 5.91 Å². The third-order valence-corrected chi connectivity index (χ3v) is 2.49. The molecule has 2 nitrogen and oxygen atoms in total. The van der Waals surface area contributed by atoms with Crippen molar-refractivity contribution >= 4 is 27.5 Å². The van der Waals surface area contributed by atoms with Crippen molar-refractivity contribution in [3.05, 3.63) is 28.5 Å². The number of nitrogens with one attached hydrogen (secondary N) is 1. The Labute approximate surface area is 97.0 Å². The van der Waals surface area contributed by atoms with Crippen LogP contribution in [-0.4, -0.2) is 5.91 Å². The monoisotopic (exact) mass is 273 g/mol. The van der Waals surface area contributed by atoms with Gasteiger partial charge in [0.25, 0.3) is 0 Å². The van der Waals surface area contributed by atoms with Crippen molar-refractivity contribution in [1.29, 1.82) is 0 Å². The Kier molecular flexibility index (Phi) is 3.50. The highest BCUT2D eigenvalue weighted by Crippen LogP contribution is 2.24. The predicted molar refractivity (Wildman–Crippen MR) is 62.2 cm³/mol. The van der Waals surface area contributed by atoms with Crippen LogP contribution in [0.3, 0.4) is 0 Å². The molecule has 0 aromatic heterocycles. The molecule has 1 N–H and O–H groups in total. The molecular formula is C11H13BrFNO. The van der Waals surface area contributed by atoms with Crippen molar-refractivity contribution in [1.82, 2.24) is 0 Å². The summed E-state index contributed by atoms with van der Waals surface area (Å²) in [5.41, 5.74) is -0.335. The fraction of sp³-hybridized carbons (Fsp3) is 0.364. The molecule has 0 bridgehead atoms. The van der Waals surface area contributed by atoms with Gasteiger partial charge in [-0.05, 0) is 28.1 Å². The van der Waals surface area contributed by atoms with E-state index in [1.165, 1.54) is 6.07 Å². The number of carbonyl (C=O) groups is 1. The van der Waals surface area contributed by atoms with Crippen molar-refractivity contribution < 1.29 is 9.18 Å². The van der Waals surface area contributed by atoms with E-state index in [-0.39, 0.29) is 11.6 Å². The van der Waals surface area contributed by atoms with Crippen LogP contribution in [-0.2, 0) is 4.79 Å². The number of benzene rings is 1. The molecule has 1 aromatic carbocycles. The number of carbonyl (C=O) groups excluding carboxylic acids is 1. The minimum Gasteiger partial charge on any atom is -0.323 e. The van der Waals surface area contributed by atoms with Gasteiger partial charge in [0.1, 0.15) is 0 Å². The van der Waals surface area contributed by atoms with Gasteiger partial charge in [0.05, 0.1) is 10.2 Å². The van der Waals surface area contributed by atoms with Gasteiger partial charge in [-0.3, -0.25) is 4.79 Å². The van der Waals surface area contributed by atoms with Crippen LogP contribution in [0.4, 0.5) is 10.1 Å². The first-order valence-corrected chi connectivity index (χ1v) is 5.37. The second kappa shape index (κ2) is 4.31. The van der Waals surface area contributed by atoms with E-state index >= 15 is 0 Å². The van der Waals surface area contributed by atoms with E-state index in [0.717, 1.165) is 0 Å². The summed E-state index contributed by atoms with van der Waals surface area (Å²) in [5, 5.41) is 2.55. The molecule has 0 saturated carbocycles. The third-order valence-electron chi connectivity index (χ3n) is 1.88. The number of halogens is 2. The molecule has 0 saturated heterocycles. The zero-order valence-electron chi connectivity index (χ0n) is 8.90. The highest BCUT2D eigenvalue weighted by molar-refractivity contribution is 9.10. The fourth-order valence-corrected chi connectivity index (χ4v) is 1.28. The van der Waals surface area contributed by atoms with Crippen LogP contribution < -0.4 is 5.32 Å². The first-order chi connectivity index (χ1) is 6.82. The third kappa shape index (κ3) is 3.02. The minimum absolute atomic E-state index is 0.198. The Hall–Kier alpha value is -0.900. The summed E-state index contributed by atoms with van der Waals surface area (Å²) in [7, 11) is 0. The van der Waals surface area contributed by atoms with Gasteiger partial charge in [-0.15, -0.1) is 0 Å². The Bertz CT molecular complexity index is 385. The van der Waals surface area contributed by atoms with Crippen molar-refractivity contribution in [2.24, 2.45) is 5.41 Å². The van der Waals surface area contributed by atoms with E-state index in [1.807, 2.05) is 0 Å². The molecule has 0 heterocycles. The van der Waals surface area contributed by atoms with Gasteiger partial charge in [-0.25, -0.2) is 4.39 Å². The Morgan fingerprint density at radius 1 is 1.40 bits per heavy atom. The Morgan fingerprint density at radius 2 is 2.00 bits per heavy atom. The maximum absolute atomic E-state index is 13.5. The van der Waals surface area contributed by atoms with Crippen LogP contribution in [0.5, 0.6) is 0 Å². The summed E-state index contributed by atoms with van der Waals surface area (Å²) in [6.45, 7) is 5.33. The summed E-state index contributed by atoms with van der Waals surface area (Å²) < 4.78 is 13.8. The number of rotatable bonds is 1. The number of hydrogen-bond acceptors (Lipinski definition) is 1. The molecular weight excluding hydrogens is 261 g/mol. The van der Waals surface area contributed by atoms with Crippen LogP contribution in [0.25, 0.3) is 0 Å². The molecule has 1 aromatic rings. The molecule has 0 atom stereocenters. The van der Waals surface area contributed by atoms with Crippen molar-refractivity contribution in [2.45, 2.75) is 20.8 Å². The summed E-state index contributed by atoms with van der Waals surface area (Å²) in [5.74, 6) is -0.658. The molecule has 0 unspecified atom stereocenters. The largest absolute Gasteiger partial charge is 0.323 e. The SMILES string of the molecule is CC(C)(C)C(=O)Nc1cccc(Br)c1F. The molecule has 0 spiro atoms. The van der Waals surface area contributed by atoms with E-state index in [9.17, 15) is 9.18 Å². The van der Waals surface area contributed by atoms with E-state index < -0.39 is 11.2 Å². The van der Waals surface area contributed by atoms with Crippen molar-refractivity contribution in [3.8, 4) is 0 Å². The molecule has 0 aliphatic carbocycles. The van der Waals surface area contributed by atoms with Gasteiger partial charge in [-0.2, -0.15) is 0 Å². The predicted octanol–water partition coefficient (Wildman–Crippen LogP) is 3.57. The molecule has 0 radical (unpaired) electrons. The summed E-state index contributed by atoms with van der Waals surface area (Å²) in [6, 6.07) is 4.79. The number of amides is 1. The lowest BCUT2D eigenvalue weighted by molar-refractivity contribution is -0.123. The normalized spacial score (nSPS) is 11.3. The minimum atomic E-state index is -0.533. The molecule has 1 rings (SSSR count). The highest BCUT2D eigenvalue weighted by Gasteiger charge is 2.22. The van der Waals surface area contributed by atoms with Gasteiger partial charge >= 0.3 is 0 Å². The molecule has 82 valence electrons. The lowest BCUT2D eigenvalue weighted by Crippen LogP contribution is -2.28. The molecule has 0 fully saturated rings. The maximum atomic E-state index is 13.5. The maximum Gasteiger partial charge on any atom is 0.229 e. The van der Waals surface area contributed by atoms with Crippen molar-refractivity contribution in [3.63, 3.8) is 0 Å². The van der Waals surface area contributed by atoms with Crippen LogP contribution in [0.1, 0.15) is 20.8 Å². The summed E-state index contributed by atoms with van der Waals surface area (Å²) in [4.78, 5) is 11.6. The quantitative estimate of drug-likeness (QED) is 0.833. The summed E-state index contributed by atoms with van der Waals surface area (Å²) >= 11 is 3.06. The topological polar surface area (TPSA) is 29.1 Å². The Morgan fingerprint density at radius 3 is 2.53 bits per heavy atom. The first kappa shape index (κ1) is 12.2. The van der Waals surface area contributed by atoms with E-state index in [0.29, 0.717) is 4.47 Å². The first-order valence-electron chi connectivity index (χ1n) is 4.58. The standard InChI is InChI=1S/C11H13BrFNO/c1-11(2,3)10(15)14-8-6-4-5-7(12)9(8)13/h4-6H,1-3H3,(H,14,15). The van der Waals surface area contributed by atoms with Gasteiger partial charge in [0.15, 0.2) is 5.82 Å². The Balaban J connectivity index is 2.91. The van der Waals surface area contributed by atoms with Gasteiger partial charge < -0.3 is 5.32 Å². The zero-order valence-corrected chi connectivity index (χ0v) is 10.5. The van der Waals surface area contributed by atoms with Gasteiger partial charge in [0, 0.05) is 5.41 Å². The van der Waals surface area contributed by atoms with Crippen LogP contribution >= 0.6 is 15.9 Å². The van der Waals surface area contributed by atoms with Crippen LogP contribution in [0.15, 0.2) is 22.7 Å². The smallest absolute Gasteiger partial charge is 0.229 e. The molecule has 15 heavy (non-hydrogen) atoms. The lowest BCUT2D eigenvalue weighted by atomic mass is 9.95. The second-order valence-corrected chi connectivity index (χ2v) is 5.16. The number of anilines is 1. The van der Waals surface area contributed by atoms with E-state index in [4.69, 9.17) is 0 Å². The zero-order chi connectivity index (χ0) is 11.6. The fourth-order valence-electron chi connectivity index (χ4n) is 0.910. The average molecular weight is 274 g/mol. The lowest BCUT2D eigenvalue weighted by Gasteiger charge is -2.18. The van der Waals surface area contributed by atoms with Crippen molar-refractivity contribution in [2.75, 3.05) is 5.32 Å². The average Bonchev–Trinajstić information content (AvgIpc) is 2.11. The molecule has 0 aliphatic heterocycles. The molecule has 4 heteroatoms. The van der Waals surface area contributed by atoms with E-state index in [1.54, 1.807) is 32.9 Å². The summed E-state index contributed by atoms with van der Waals surface area (Å²) in [6.07, 6.45) is 0.